The predicted molar refractivity (Wildman–Crippen MR) is 78.0 cm³/mol. The van der Waals surface area contributed by atoms with E-state index in [0.717, 1.165) is 18.6 Å². The van der Waals surface area contributed by atoms with E-state index in [9.17, 15) is 0 Å². The van der Waals surface area contributed by atoms with Crippen molar-refractivity contribution >= 4 is 0 Å². The number of hydrogen-bond acceptors (Lipinski definition) is 3. The van der Waals surface area contributed by atoms with Crippen LogP contribution in [-0.4, -0.2) is 49.7 Å². The van der Waals surface area contributed by atoms with Crippen molar-refractivity contribution in [2.24, 2.45) is 0 Å². The minimum atomic E-state index is 0.729. The number of likely N-dealkylation sites (tertiary alicyclic amines) is 1. The van der Waals surface area contributed by atoms with Crippen LogP contribution < -0.4 is 10.6 Å². The van der Waals surface area contributed by atoms with Gasteiger partial charge in [-0.15, -0.1) is 0 Å². The molecule has 2 aliphatic heterocycles. The van der Waals surface area contributed by atoms with Crippen molar-refractivity contribution in [3.63, 3.8) is 0 Å². The standard InChI is InChI=1S/C15H31N3/c1-14-7-3-5-11-18(14)12-6-9-16-13-15-8-2-4-10-17-15/h14-17H,2-13H2,1H3. The van der Waals surface area contributed by atoms with Gasteiger partial charge in [0.1, 0.15) is 0 Å². The summed E-state index contributed by atoms with van der Waals surface area (Å²) in [6.07, 6.45) is 9.67. The lowest BCUT2D eigenvalue weighted by molar-refractivity contribution is 0.158. The molecule has 0 radical (unpaired) electrons. The van der Waals surface area contributed by atoms with Crippen molar-refractivity contribution in [3.05, 3.63) is 0 Å². The summed E-state index contributed by atoms with van der Waals surface area (Å²) in [6, 6.07) is 1.55. The van der Waals surface area contributed by atoms with Crippen LogP contribution in [0, 0.1) is 0 Å². The van der Waals surface area contributed by atoms with Gasteiger partial charge in [-0.1, -0.05) is 12.8 Å². The van der Waals surface area contributed by atoms with Crippen molar-refractivity contribution in [1.82, 2.24) is 15.5 Å². The fraction of sp³-hybridized carbons (Fsp3) is 1.00. The maximum absolute atomic E-state index is 3.62. The van der Waals surface area contributed by atoms with Crippen LogP contribution in [0.2, 0.25) is 0 Å². The third-order valence-corrected chi connectivity index (χ3v) is 4.54. The first-order valence-corrected chi connectivity index (χ1v) is 8.04. The molecule has 3 heteroatoms. The molecule has 0 amide bonds. The summed E-state index contributed by atoms with van der Waals surface area (Å²) < 4.78 is 0. The van der Waals surface area contributed by atoms with Crippen LogP contribution in [0.1, 0.15) is 51.9 Å². The van der Waals surface area contributed by atoms with Crippen molar-refractivity contribution in [2.45, 2.75) is 64.0 Å². The van der Waals surface area contributed by atoms with Crippen LogP contribution in [0.3, 0.4) is 0 Å². The average molecular weight is 253 g/mol. The molecule has 2 aliphatic rings. The van der Waals surface area contributed by atoms with Crippen molar-refractivity contribution in [3.8, 4) is 0 Å². The number of piperidine rings is 2. The predicted octanol–water partition coefficient (Wildman–Crippen LogP) is 1.98. The molecule has 18 heavy (non-hydrogen) atoms. The number of nitrogens with one attached hydrogen (secondary N) is 2. The normalized spacial score (nSPS) is 30.5. The Balaban J connectivity index is 1.47. The summed E-state index contributed by atoms with van der Waals surface area (Å²) in [5.41, 5.74) is 0. The Morgan fingerprint density at radius 3 is 2.83 bits per heavy atom. The molecule has 0 saturated carbocycles. The van der Waals surface area contributed by atoms with Crippen LogP contribution in [0.25, 0.3) is 0 Å². The molecule has 2 rings (SSSR count). The molecule has 2 atom stereocenters. The molecule has 2 heterocycles. The smallest absolute Gasteiger partial charge is 0.0192 e. The highest BCUT2D eigenvalue weighted by Gasteiger charge is 2.17. The van der Waals surface area contributed by atoms with E-state index in [1.54, 1.807) is 0 Å². The molecular weight excluding hydrogens is 222 g/mol. The summed E-state index contributed by atoms with van der Waals surface area (Å²) in [7, 11) is 0. The van der Waals surface area contributed by atoms with E-state index in [2.05, 4.69) is 22.5 Å². The van der Waals surface area contributed by atoms with Crippen LogP contribution in [-0.2, 0) is 0 Å². The Kier molecular flexibility index (Phi) is 6.46. The first kappa shape index (κ1) is 14.3. The van der Waals surface area contributed by atoms with E-state index < -0.39 is 0 Å². The van der Waals surface area contributed by atoms with Gasteiger partial charge in [0.05, 0.1) is 0 Å². The minimum Gasteiger partial charge on any atom is -0.315 e. The third kappa shape index (κ3) is 4.87. The molecule has 0 aliphatic carbocycles. The highest BCUT2D eigenvalue weighted by molar-refractivity contribution is 4.75. The number of rotatable bonds is 6. The van der Waals surface area contributed by atoms with E-state index in [1.807, 2.05) is 0 Å². The molecule has 106 valence electrons. The number of nitrogens with zero attached hydrogens (tertiary/aromatic N) is 1. The molecular formula is C15H31N3. The van der Waals surface area contributed by atoms with Gasteiger partial charge in [-0.05, 0) is 65.2 Å². The molecule has 0 bridgehead atoms. The molecule has 2 unspecified atom stereocenters. The zero-order valence-corrected chi connectivity index (χ0v) is 12.1. The Morgan fingerprint density at radius 2 is 2.06 bits per heavy atom. The zero-order valence-electron chi connectivity index (χ0n) is 12.1. The van der Waals surface area contributed by atoms with Gasteiger partial charge < -0.3 is 15.5 Å². The minimum absolute atomic E-state index is 0.729. The fourth-order valence-corrected chi connectivity index (χ4v) is 3.27. The van der Waals surface area contributed by atoms with Gasteiger partial charge in [-0.2, -0.15) is 0 Å². The Morgan fingerprint density at radius 1 is 1.17 bits per heavy atom. The van der Waals surface area contributed by atoms with E-state index >= 15 is 0 Å². The summed E-state index contributed by atoms with van der Waals surface area (Å²) in [5.74, 6) is 0. The molecule has 0 aromatic rings. The van der Waals surface area contributed by atoms with Gasteiger partial charge in [0, 0.05) is 18.6 Å². The Hall–Kier alpha value is -0.120. The van der Waals surface area contributed by atoms with Crippen molar-refractivity contribution in [1.29, 1.82) is 0 Å². The SMILES string of the molecule is CC1CCCCN1CCCNCC1CCCCN1. The second kappa shape index (κ2) is 8.13. The van der Waals surface area contributed by atoms with Gasteiger partial charge >= 0.3 is 0 Å². The average Bonchev–Trinajstić information content (AvgIpc) is 2.42. The Bertz CT molecular complexity index is 214. The van der Waals surface area contributed by atoms with Gasteiger partial charge in [-0.25, -0.2) is 0 Å². The van der Waals surface area contributed by atoms with Crippen molar-refractivity contribution in [2.75, 3.05) is 32.7 Å². The molecule has 2 N–H and O–H groups in total. The number of hydrogen-bond donors (Lipinski definition) is 2. The quantitative estimate of drug-likeness (QED) is 0.709. The molecule has 2 saturated heterocycles. The van der Waals surface area contributed by atoms with E-state index in [1.165, 1.54) is 71.1 Å². The highest BCUT2D eigenvalue weighted by atomic mass is 15.2. The van der Waals surface area contributed by atoms with Crippen LogP contribution in [0.15, 0.2) is 0 Å². The second-order valence-electron chi connectivity index (χ2n) is 6.09. The molecule has 0 aromatic heterocycles. The largest absolute Gasteiger partial charge is 0.315 e. The van der Waals surface area contributed by atoms with Gasteiger partial charge in [0.2, 0.25) is 0 Å². The summed E-state index contributed by atoms with van der Waals surface area (Å²) in [4.78, 5) is 2.67. The highest BCUT2D eigenvalue weighted by Crippen LogP contribution is 2.16. The first-order valence-electron chi connectivity index (χ1n) is 8.04. The lowest BCUT2D eigenvalue weighted by Gasteiger charge is -2.33. The second-order valence-corrected chi connectivity index (χ2v) is 6.09. The monoisotopic (exact) mass is 253 g/mol. The van der Waals surface area contributed by atoms with Gasteiger partial charge in [0.15, 0.2) is 0 Å². The van der Waals surface area contributed by atoms with Crippen molar-refractivity contribution < 1.29 is 0 Å². The van der Waals surface area contributed by atoms with Crippen LogP contribution >= 0.6 is 0 Å². The van der Waals surface area contributed by atoms with E-state index in [4.69, 9.17) is 0 Å². The topological polar surface area (TPSA) is 27.3 Å². The van der Waals surface area contributed by atoms with Crippen LogP contribution in [0.5, 0.6) is 0 Å². The maximum atomic E-state index is 3.62. The van der Waals surface area contributed by atoms with Crippen LogP contribution in [0.4, 0.5) is 0 Å². The lowest BCUT2D eigenvalue weighted by Crippen LogP contribution is -2.43. The van der Waals surface area contributed by atoms with Gasteiger partial charge in [-0.3, -0.25) is 0 Å². The molecule has 2 fully saturated rings. The van der Waals surface area contributed by atoms with Gasteiger partial charge in [0.25, 0.3) is 0 Å². The fourth-order valence-electron chi connectivity index (χ4n) is 3.27. The van der Waals surface area contributed by atoms with E-state index in [-0.39, 0.29) is 0 Å². The lowest BCUT2D eigenvalue weighted by atomic mass is 10.0. The molecule has 0 spiro atoms. The zero-order chi connectivity index (χ0) is 12.6. The summed E-state index contributed by atoms with van der Waals surface area (Å²) in [6.45, 7) is 8.56. The maximum Gasteiger partial charge on any atom is 0.0192 e. The van der Waals surface area contributed by atoms with E-state index in [0.29, 0.717) is 0 Å². The summed E-state index contributed by atoms with van der Waals surface area (Å²) in [5, 5.41) is 7.21. The molecule has 0 aromatic carbocycles. The Labute approximate surface area is 113 Å². The third-order valence-electron chi connectivity index (χ3n) is 4.54. The summed E-state index contributed by atoms with van der Waals surface area (Å²) >= 11 is 0. The first-order chi connectivity index (χ1) is 8.86. The molecule has 3 nitrogen and oxygen atoms in total.